The normalized spacial score (nSPS) is 26.1. The van der Waals surface area contributed by atoms with E-state index in [4.69, 9.17) is 4.74 Å². The summed E-state index contributed by atoms with van der Waals surface area (Å²) >= 11 is 0. The van der Waals surface area contributed by atoms with Crippen LogP contribution in [0.5, 0.6) is 5.75 Å². The Morgan fingerprint density at radius 3 is 2.64 bits per heavy atom. The van der Waals surface area contributed by atoms with Crippen LogP contribution < -0.4 is 4.74 Å². The number of hydrogen-bond acceptors (Lipinski definition) is 3. The zero-order chi connectivity index (χ0) is 18.0. The first-order valence-corrected chi connectivity index (χ1v) is 8.88. The smallest absolute Gasteiger partial charge is 0.261 e. The van der Waals surface area contributed by atoms with Gasteiger partial charge < -0.3 is 14.5 Å². The van der Waals surface area contributed by atoms with Crippen molar-refractivity contribution >= 4 is 11.8 Å². The van der Waals surface area contributed by atoms with E-state index in [1.807, 2.05) is 9.80 Å². The van der Waals surface area contributed by atoms with Crippen molar-refractivity contribution in [3.63, 3.8) is 0 Å². The van der Waals surface area contributed by atoms with Crippen molar-refractivity contribution in [2.45, 2.75) is 51.1 Å². The summed E-state index contributed by atoms with van der Waals surface area (Å²) in [5.74, 6) is 0.133. The Bertz CT molecular complexity index is 649. The van der Waals surface area contributed by atoms with E-state index in [9.17, 15) is 14.0 Å². The maximum atomic E-state index is 13.0. The molecule has 2 amide bonds. The van der Waals surface area contributed by atoms with Gasteiger partial charge in [-0.3, -0.25) is 9.59 Å². The van der Waals surface area contributed by atoms with Gasteiger partial charge in [0.25, 0.3) is 5.91 Å². The fourth-order valence-electron chi connectivity index (χ4n) is 4.29. The van der Waals surface area contributed by atoms with Crippen LogP contribution in [0.4, 0.5) is 4.39 Å². The van der Waals surface area contributed by atoms with Gasteiger partial charge in [-0.15, -0.1) is 0 Å². The summed E-state index contributed by atoms with van der Waals surface area (Å²) in [6.07, 6.45) is 3.60. The molecule has 5 nitrogen and oxygen atoms in total. The van der Waals surface area contributed by atoms with Gasteiger partial charge in [0.05, 0.1) is 11.6 Å². The van der Waals surface area contributed by atoms with Crippen LogP contribution in [0.3, 0.4) is 0 Å². The predicted octanol–water partition coefficient (Wildman–Crippen LogP) is 2.60. The summed E-state index contributed by atoms with van der Waals surface area (Å²) < 4.78 is 18.5. The molecule has 25 heavy (non-hydrogen) atoms. The number of carbonyl (C=O) groups excluding carboxylic acids is 2. The van der Waals surface area contributed by atoms with Gasteiger partial charge in [-0.25, -0.2) is 4.39 Å². The molecule has 1 aromatic rings. The Hall–Kier alpha value is -2.11. The van der Waals surface area contributed by atoms with E-state index in [1.165, 1.54) is 24.3 Å². The van der Waals surface area contributed by atoms with Crippen LogP contribution in [-0.2, 0) is 9.59 Å². The van der Waals surface area contributed by atoms with Gasteiger partial charge in [-0.2, -0.15) is 0 Å². The molecular weight excluding hydrogens is 323 g/mol. The quantitative estimate of drug-likeness (QED) is 0.844. The van der Waals surface area contributed by atoms with E-state index in [-0.39, 0.29) is 35.8 Å². The lowest BCUT2D eigenvalue weighted by atomic mass is 9.76. The zero-order valence-corrected chi connectivity index (χ0v) is 14.8. The highest BCUT2D eigenvalue weighted by Gasteiger charge is 2.49. The number of hydrogen-bond donors (Lipinski definition) is 0. The van der Waals surface area contributed by atoms with Crippen molar-refractivity contribution in [2.75, 3.05) is 19.7 Å². The SMILES string of the molecule is CC(=O)N1CCC[C@@]2(C)[C@@H]1CCCN2C(=O)COc1ccc(F)cc1. The Kier molecular flexibility index (Phi) is 4.97. The van der Waals surface area contributed by atoms with Crippen LogP contribution >= 0.6 is 0 Å². The molecule has 0 saturated carbocycles. The molecule has 0 unspecified atom stereocenters. The number of ether oxygens (including phenoxy) is 1. The van der Waals surface area contributed by atoms with Crippen molar-refractivity contribution in [1.82, 2.24) is 9.80 Å². The van der Waals surface area contributed by atoms with Crippen LogP contribution in [0.1, 0.15) is 39.5 Å². The van der Waals surface area contributed by atoms with Crippen LogP contribution in [0.25, 0.3) is 0 Å². The molecule has 2 saturated heterocycles. The minimum Gasteiger partial charge on any atom is -0.484 e. The molecule has 2 atom stereocenters. The Morgan fingerprint density at radius 2 is 1.96 bits per heavy atom. The average molecular weight is 348 g/mol. The Balaban J connectivity index is 1.70. The number of carbonyl (C=O) groups is 2. The molecule has 0 bridgehead atoms. The highest BCUT2D eigenvalue weighted by molar-refractivity contribution is 5.79. The second kappa shape index (κ2) is 7.02. The summed E-state index contributed by atoms with van der Waals surface area (Å²) in [6, 6.07) is 5.72. The first-order chi connectivity index (χ1) is 11.9. The Morgan fingerprint density at radius 1 is 1.24 bits per heavy atom. The molecule has 0 aromatic heterocycles. The lowest BCUT2D eigenvalue weighted by molar-refractivity contribution is -0.156. The van der Waals surface area contributed by atoms with E-state index >= 15 is 0 Å². The average Bonchev–Trinajstić information content (AvgIpc) is 2.59. The van der Waals surface area contributed by atoms with E-state index in [0.717, 1.165) is 32.2 Å². The van der Waals surface area contributed by atoms with Gasteiger partial charge in [0, 0.05) is 20.0 Å². The topological polar surface area (TPSA) is 49.9 Å². The summed E-state index contributed by atoms with van der Waals surface area (Å²) in [5, 5.41) is 0. The van der Waals surface area contributed by atoms with E-state index in [1.54, 1.807) is 6.92 Å². The summed E-state index contributed by atoms with van der Waals surface area (Å²) in [7, 11) is 0. The molecule has 2 aliphatic rings. The Labute approximate surface area is 147 Å². The first kappa shape index (κ1) is 17.7. The maximum absolute atomic E-state index is 13.0. The molecule has 0 radical (unpaired) electrons. The van der Waals surface area contributed by atoms with Crippen molar-refractivity contribution in [3.05, 3.63) is 30.1 Å². The summed E-state index contributed by atoms with van der Waals surface area (Å²) in [6.45, 7) is 5.06. The molecule has 2 fully saturated rings. The first-order valence-electron chi connectivity index (χ1n) is 8.88. The lowest BCUT2D eigenvalue weighted by Crippen LogP contribution is -2.68. The zero-order valence-electron chi connectivity index (χ0n) is 14.8. The highest BCUT2D eigenvalue weighted by atomic mass is 19.1. The largest absolute Gasteiger partial charge is 0.484 e. The van der Waals surface area contributed by atoms with Crippen molar-refractivity contribution in [1.29, 1.82) is 0 Å². The van der Waals surface area contributed by atoms with E-state index in [0.29, 0.717) is 12.3 Å². The third kappa shape index (κ3) is 3.48. The minimum atomic E-state index is -0.342. The van der Waals surface area contributed by atoms with Gasteiger partial charge in [0.15, 0.2) is 6.61 Å². The second-order valence-corrected chi connectivity index (χ2v) is 7.12. The molecule has 0 aliphatic carbocycles. The van der Waals surface area contributed by atoms with E-state index < -0.39 is 0 Å². The molecule has 0 N–H and O–H groups in total. The van der Waals surface area contributed by atoms with Crippen molar-refractivity contribution in [2.24, 2.45) is 0 Å². The molecule has 2 heterocycles. The van der Waals surface area contributed by atoms with Crippen LogP contribution in [-0.4, -0.2) is 52.9 Å². The molecule has 6 heteroatoms. The fourth-order valence-corrected chi connectivity index (χ4v) is 4.29. The van der Waals surface area contributed by atoms with Gasteiger partial charge in [-0.05, 0) is 56.9 Å². The van der Waals surface area contributed by atoms with Crippen LogP contribution in [0.2, 0.25) is 0 Å². The molecule has 0 spiro atoms. The third-order valence-electron chi connectivity index (χ3n) is 5.53. The number of nitrogens with zero attached hydrogens (tertiary/aromatic N) is 2. The number of rotatable bonds is 3. The number of amides is 2. The molecule has 3 rings (SSSR count). The lowest BCUT2D eigenvalue weighted by Gasteiger charge is -2.56. The summed E-state index contributed by atoms with van der Waals surface area (Å²) in [5.41, 5.74) is -0.342. The van der Waals surface area contributed by atoms with E-state index in [2.05, 4.69) is 6.92 Å². The highest BCUT2D eigenvalue weighted by Crippen LogP contribution is 2.39. The fraction of sp³-hybridized carbons (Fsp3) is 0.579. The van der Waals surface area contributed by atoms with Gasteiger partial charge in [0.2, 0.25) is 5.91 Å². The minimum absolute atomic E-state index is 0.0715. The van der Waals surface area contributed by atoms with Gasteiger partial charge in [0.1, 0.15) is 11.6 Å². The van der Waals surface area contributed by atoms with Crippen molar-refractivity contribution < 1.29 is 18.7 Å². The monoisotopic (exact) mass is 348 g/mol. The van der Waals surface area contributed by atoms with Crippen LogP contribution in [0.15, 0.2) is 24.3 Å². The molecule has 1 aromatic carbocycles. The number of piperidine rings is 2. The maximum Gasteiger partial charge on any atom is 0.261 e. The van der Waals surface area contributed by atoms with Gasteiger partial charge in [-0.1, -0.05) is 0 Å². The van der Waals surface area contributed by atoms with Crippen molar-refractivity contribution in [3.8, 4) is 5.75 Å². The number of halogens is 1. The second-order valence-electron chi connectivity index (χ2n) is 7.12. The molecule has 2 aliphatic heterocycles. The number of fused-ring (bicyclic) bond motifs is 1. The molecular formula is C19H25FN2O3. The van der Waals surface area contributed by atoms with Gasteiger partial charge >= 0.3 is 0 Å². The number of likely N-dealkylation sites (tertiary alicyclic amines) is 2. The standard InChI is InChI=1S/C19H25FN2O3/c1-14(23)21-11-4-10-19(2)17(21)5-3-12-22(19)18(24)13-25-16-8-6-15(20)7-9-16/h6-9,17H,3-5,10-13H2,1-2H3/t17-,19-/m0/s1. The third-order valence-corrected chi connectivity index (χ3v) is 5.53. The molecule has 136 valence electrons. The summed E-state index contributed by atoms with van der Waals surface area (Å²) in [4.78, 5) is 28.6. The number of benzene rings is 1. The van der Waals surface area contributed by atoms with Crippen LogP contribution in [0, 0.1) is 5.82 Å². The predicted molar refractivity (Wildman–Crippen MR) is 91.7 cm³/mol.